The lowest BCUT2D eigenvalue weighted by Crippen LogP contribution is -2.34. The zero-order valence-electron chi connectivity index (χ0n) is 17.0. The number of amides is 2. The lowest BCUT2D eigenvalue weighted by atomic mass is 10.0. The van der Waals surface area contributed by atoms with Crippen LogP contribution in [0.15, 0.2) is 42.5 Å². The number of hydrogen-bond donors (Lipinski definition) is 2. The normalized spacial score (nSPS) is 13.3. The molecule has 0 aliphatic carbocycles. The smallest absolute Gasteiger partial charge is 0.257 e. The van der Waals surface area contributed by atoms with Crippen molar-refractivity contribution in [3.63, 3.8) is 0 Å². The van der Waals surface area contributed by atoms with Crippen LogP contribution in [0.3, 0.4) is 0 Å². The Bertz CT molecular complexity index is 1040. The molecule has 0 bridgehead atoms. The first-order valence-corrected chi connectivity index (χ1v) is 11.5. The molecule has 1 aliphatic rings. The lowest BCUT2D eigenvalue weighted by molar-refractivity contribution is -0.122. The summed E-state index contributed by atoms with van der Waals surface area (Å²) in [7, 11) is -3.34. The van der Waals surface area contributed by atoms with Gasteiger partial charge in [-0.3, -0.25) is 13.9 Å². The molecule has 30 heavy (non-hydrogen) atoms. The third-order valence-corrected chi connectivity index (χ3v) is 5.85. The standard InChI is InChI=1S/C21H25N3O5S/c1-3-22-20(25)14-29-18-9-7-17(8-10-18)23-21(26)16-6-11-19-15(13-16)5-4-12-24(19)30(2,27)28/h6-11,13H,3-5,12,14H2,1-2H3,(H,22,25)(H,23,26). The zero-order valence-corrected chi connectivity index (χ0v) is 17.8. The number of nitrogens with zero attached hydrogens (tertiary/aromatic N) is 1. The fraction of sp³-hybridized carbons (Fsp3) is 0.333. The van der Waals surface area contributed by atoms with Gasteiger partial charge in [-0.25, -0.2) is 8.42 Å². The Balaban J connectivity index is 1.66. The fourth-order valence-corrected chi connectivity index (χ4v) is 4.28. The quantitative estimate of drug-likeness (QED) is 0.699. The molecule has 0 fully saturated rings. The van der Waals surface area contributed by atoms with E-state index in [0.29, 0.717) is 42.2 Å². The molecule has 0 spiro atoms. The Labute approximate surface area is 176 Å². The molecule has 9 heteroatoms. The van der Waals surface area contributed by atoms with Gasteiger partial charge < -0.3 is 15.4 Å². The number of ether oxygens (including phenoxy) is 1. The van der Waals surface area contributed by atoms with Crippen LogP contribution in [0.25, 0.3) is 0 Å². The van der Waals surface area contributed by atoms with Crippen molar-refractivity contribution in [1.29, 1.82) is 0 Å². The van der Waals surface area contributed by atoms with Crippen LogP contribution in [0.1, 0.15) is 29.3 Å². The van der Waals surface area contributed by atoms with Gasteiger partial charge in [0.05, 0.1) is 11.9 Å². The second kappa shape index (κ2) is 9.17. The molecule has 0 atom stereocenters. The summed E-state index contributed by atoms with van der Waals surface area (Å²) in [6.07, 6.45) is 2.62. The number of anilines is 2. The van der Waals surface area contributed by atoms with Gasteiger partial charge in [0.1, 0.15) is 5.75 Å². The van der Waals surface area contributed by atoms with Crippen LogP contribution in [0.2, 0.25) is 0 Å². The average molecular weight is 432 g/mol. The number of fused-ring (bicyclic) bond motifs is 1. The molecule has 160 valence electrons. The Morgan fingerprint density at radius 2 is 1.87 bits per heavy atom. The van der Waals surface area contributed by atoms with Gasteiger partial charge in [-0.2, -0.15) is 0 Å². The molecule has 0 saturated heterocycles. The number of hydrogen-bond acceptors (Lipinski definition) is 5. The molecule has 8 nitrogen and oxygen atoms in total. The third-order valence-electron chi connectivity index (χ3n) is 4.67. The van der Waals surface area contributed by atoms with E-state index in [-0.39, 0.29) is 18.4 Å². The second-order valence-electron chi connectivity index (χ2n) is 7.00. The van der Waals surface area contributed by atoms with E-state index in [2.05, 4.69) is 10.6 Å². The lowest BCUT2D eigenvalue weighted by Gasteiger charge is -2.29. The number of nitrogens with one attached hydrogen (secondary N) is 2. The predicted molar refractivity (Wildman–Crippen MR) is 116 cm³/mol. The summed E-state index contributed by atoms with van der Waals surface area (Å²) >= 11 is 0. The third kappa shape index (κ3) is 5.29. The number of carbonyl (C=O) groups excluding carboxylic acids is 2. The Morgan fingerprint density at radius 3 is 2.53 bits per heavy atom. The topological polar surface area (TPSA) is 105 Å². The first-order chi connectivity index (χ1) is 14.3. The van der Waals surface area contributed by atoms with E-state index in [9.17, 15) is 18.0 Å². The Kier molecular flexibility index (Phi) is 6.61. The SMILES string of the molecule is CCNC(=O)COc1ccc(NC(=O)c2ccc3c(c2)CCCN3S(C)(=O)=O)cc1. The van der Waals surface area contributed by atoms with Crippen molar-refractivity contribution in [2.75, 3.05) is 35.6 Å². The highest BCUT2D eigenvalue weighted by Gasteiger charge is 2.24. The van der Waals surface area contributed by atoms with E-state index in [4.69, 9.17) is 4.74 Å². The first kappa shape index (κ1) is 21.6. The maximum Gasteiger partial charge on any atom is 0.257 e. The summed E-state index contributed by atoms with van der Waals surface area (Å²) in [5.74, 6) is 0.0379. The summed E-state index contributed by atoms with van der Waals surface area (Å²) in [5.41, 5.74) is 2.52. The van der Waals surface area contributed by atoms with Gasteiger partial charge in [0.25, 0.3) is 11.8 Å². The second-order valence-corrected chi connectivity index (χ2v) is 8.91. The molecule has 2 aromatic rings. The zero-order chi connectivity index (χ0) is 21.7. The molecule has 0 unspecified atom stereocenters. The summed E-state index contributed by atoms with van der Waals surface area (Å²) in [5, 5.41) is 5.46. The van der Waals surface area contributed by atoms with Crippen LogP contribution in [0.4, 0.5) is 11.4 Å². The van der Waals surface area contributed by atoms with E-state index in [1.807, 2.05) is 6.92 Å². The van der Waals surface area contributed by atoms with Gasteiger partial charge in [-0.1, -0.05) is 0 Å². The van der Waals surface area contributed by atoms with Crippen LogP contribution in [-0.4, -0.2) is 46.2 Å². The molecular formula is C21H25N3O5S. The minimum absolute atomic E-state index is 0.0703. The Hall–Kier alpha value is -3.07. The molecular weight excluding hydrogens is 406 g/mol. The van der Waals surface area contributed by atoms with Crippen molar-refractivity contribution in [3.8, 4) is 5.75 Å². The van der Waals surface area contributed by atoms with Crippen molar-refractivity contribution >= 4 is 33.2 Å². The summed E-state index contributed by atoms with van der Waals surface area (Å²) in [6, 6.07) is 11.8. The van der Waals surface area contributed by atoms with Crippen molar-refractivity contribution in [2.24, 2.45) is 0 Å². The monoisotopic (exact) mass is 431 g/mol. The molecule has 0 saturated carbocycles. The summed E-state index contributed by atoms with van der Waals surface area (Å²) in [6.45, 7) is 2.76. The maximum absolute atomic E-state index is 12.6. The molecule has 2 aromatic carbocycles. The number of sulfonamides is 1. The van der Waals surface area contributed by atoms with Crippen molar-refractivity contribution in [3.05, 3.63) is 53.6 Å². The van der Waals surface area contributed by atoms with Crippen LogP contribution in [-0.2, 0) is 21.2 Å². The minimum Gasteiger partial charge on any atom is -0.484 e. The highest BCUT2D eigenvalue weighted by atomic mass is 32.2. The molecule has 3 rings (SSSR count). The molecule has 1 heterocycles. The van der Waals surface area contributed by atoms with E-state index in [0.717, 1.165) is 12.0 Å². The van der Waals surface area contributed by atoms with Crippen LogP contribution in [0, 0.1) is 0 Å². The van der Waals surface area contributed by atoms with Crippen molar-refractivity contribution in [2.45, 2.75) is 19.8 Å². The number of aryl methyl sites for hydroxylation is 1. The fourth-order valence-electron chi connectivity index (χ4n) is 3.28. The van der Waals surface area contributed by atoms with Gasteiger partial charge >= 0.3 is 0 Å². The minimum atomic E-state index is -3.34. The van der Waals surface area contributed by atoms with Crippen LogP contribution >= 0.6 is 0 Å². The van der Waals surface area contributed by atoms with E-state index >= 15 is 0 Å². The number of carbonyl (C=O) groups is 2. The molecule has 1 aliphatic heterocycles. The van der Waals surface area contributed by atoms with E-state index in [1.165, 1.54) is 10.6 Å². The molecule has 0 aromatic heterocycles. The van der Waals surface area contributed by atoms with E-state index in [1.54, 1.807) is 42.5 Å². The first-order valence-electron chi connectivity index (χ1n) is 9.69. The highest BCUT2D eigenvalue weighted by Crippen LogP contribution is 2.30. The van der Waals surface area contributed by atoms with Gasteiger partial charge in [-0.15, -0.1) is 0 Å². The maximum atomic E-state index is 12.6. The molecule has 2 amide bonds. The number of benzene rings is 2. The van der Waals surface area contributed by atoms with E-state index < -0.39 is 10.0 Å². The molecule has 0 radical (unpaired) electrons. The summed E-state index contributed by atoms with van der Waals surface area (Å²) < 4.78 is 30.7. The summed E-state index contributed by atoms with van der Waals surface area (Å²) in [4.78, 5) is 24.1. The molecule has 2 N–H and O–H groups in total. The van der Waals surface area contributed by atoms with Crippen molar-refractivity contribution < 1.29 is 22.7 Å². The Morgan fingerprint density at radius 1 is 1.13 bits per heavy atom. The average Bonchev–Trinajstić information content (AvgIpc) is 2.72. The van der Waals surface area contributed by atoms with Gasteiger partial charge in [0.2, 0.25) is 10.0 Å². The number of likely N-dealkylation sites (N-methyl/N-ethyl adjacent to an activating group) is 1. The van der Waals surface area contributed by atoms with Crippen LogP contribution in [0.5, 0.6) is 5.75 Å². The van der Waals surface area contributed by atoms with Gasteiger partial charge in [0, 0.05) is 24.3 Å². The van der Waals surface area contributed by atoms with Crippen LogP contribution < -0.4 is 19.7 Å². The largest absolute Gasteiger partial charge is 0.484 e. The van der Waals surface area contributed by atoms with Gasteiger partial charge in [-0.05, 0) is 67.8 Å². The predicted octanol–water partition coefficient (Wildman–Crippen LogP) is 2.17. The highest BCUT2D eigenvalue weighted by molar-refractivity contribution is 7.92. The number of rotatable bonds is 7. The van der Waals surface area contributed by atoms with Crippen molar-refractivity contribution in [1.82, 2.24) is 5.32 Å². The van der Waals surface area contributed by atoms with Gasteiger partial charge in [0.15, 0.2) is 6.61 Å².